The van der Waals surface area contributed by atoms with E-state index in [1.54, 1.807) is 12.5 Å². The summed E-state index contributed by atoms with van der Waals surface area (Å²) in [7, 11) is 1.91. The first-order chi connectivity index (χ1) is 5.43. The Morgan fingerprint density at radius 2 is 2.64 bits per heavy atom. The first kappa shape index (κ1) is 7.83. The van der Waals surface area contributed by atoms with Crippen molar-refractivity contribution < 1.29 is 0 Å². The summed E-state index contributed by atoms with van der Waals surface area (Å²) >= 11 is 0. The van der Waals surface area contributed by atoms with Crippen molar-refractivity contribution in [1.82, 2.24) is 15.3 Å². The molecular formula is C8H11N3. The van der Waals surface area contributed by atoms with Gasteiger partial charge in [0.15, 0.2) is 0 Å². The summed E-state index contributed by atoms with van der Waals surface area (Å²) in [6.07, 6.45) is 4.21. The summed E-state index contributed by atoms with van der Waals surface area (Å²) in [5.74, 6) is 5.96. The molecule has 0 amide bonds. The molecule has 0 saturated carbocycles. The van der Waals surface area contributed by atoms with Crippen LogP contribution in [0.2, 0.25) is 0 Å². The molecule has 3 heteroatoms. The summed E-state index contributed by atoms with van der Waals surface area (Å²) in [6, 6.07) is 0. The predicted octanol–water partition coefficient (Wildman–Crippen LogP) is 0.371. The second-order valence-electron chi connectivity index (χ2n) is 2.12. The van der Waals surface area contributed by atoms with Crippen molar-refractivity contribution in [2.75, 3.05) is 13.6 Å². The maximum atomic E-state index is 3.85. The quantitative estimate of drug-likeness (QED) is 0.471. The molecule has 1 heterocycles. The molecule has 1 aromatic heterocycles. The molecule has 0 bridgehead atoms. The summed E-state index contributed by atoms with van der Waals surface area (Å²) < 4.78 is 0. The monoisotopic (exact) mass is 149 g/mol. The van der Waals surface area contributed by atoms with Crippen LogP contribution >= 0.6 is 0 Å². The van der Waals surface area contributed by atoms with Crippen LogP contribution in [0.15, 0.2) is 12.5 Å². The number of nitrogens with zero attached hydrogens (tertiary/aromatic N) is 1. The van der Waals surface area contributed by atoms with Gasteiger partial charge in [0.1, 0.15) is 5.69 Å². The van der Waals surface area contributed by atoms with Crippen molar-refractivity contribution in [3.8, 4) is 11.8 Å². The van der Waals surface area contributed by atoms with Crippen molar-refractivity contribution in [3.05, 3.63) is 18.2 Å². The fourth-order valence-corrected chi connectivity index (χ4v) is 0.669. The average molecular weight is 149 g/mol. The van der Waals surface area contributed by atoms with Crippen molar-refractivity contribution in [2.24, 2.45) is 0 Å². The van der Waals surface area contributed by atoms with E-state index in [-0.39, 0.29) is 0 Å². The molecule has 0 atom stereocenters. The maximum absolute atomic E-state index is 3.85. The van der Waals surface area contributed by atoms with E-state index in [1.807, 2.05) is 7.05 Å². The molecular weight excluding hydrogens is 138 g/mol. The topological polar surface area (TPSA) is 40.7 Å². The highest BCUT2D eigenvalue weighted by Crippen LogP contribution is 1.85. The van der Waals surface area contributed by atoms with Crippen LogP contribution in [-0.4, -0.2) is 23.6 Å². The van der Waals surface area contributed by atoms with Gasteiger partial charge in [0.2, 0.25) is 0 Å². The molecule has 0 aromatic carbocycles. The standard InChI is InChI=1S/C8H11N3/c1-9-5-3-2-4-8-6-10-7-11-8/h6-7,9H,3,5H2,1H3,(H,10,11). The lowest BCUT2D eigenvalue weighted by Gasteiger charge is -1.86. The van der Waals surface area contributed by atoms with E-state index in [2.05, 4.69) is 27.1 Å². The number of imidazole rings is 1. The van der Waals surface area contributed by atoms with Gasteiger partial charge >= 0.3 is 0 Å². The number of hydrogen-bond donors (Lipinski definition) is 2. The molecule has 58 valence electrons. The third kappa shape index (κ3) is 2.87. The summed E-state index contributed by atoms with van der Waals surface area (Å²) in [4.78, 5) is 6.76. The number of hydrogen-bond acceptors (Lipinski definition) is 2. The Bertz CT molecular complexity index is 240. The third-order valence-corrected chi connectivity index (χ3v) is 1.22. The van der Waals surface area contributed by atoms with Crippen LogP contribution in [0.5, 0.6) is 0 Å². The van der Waals surface area contributed by atoms with Gasteiger partial charge in [-0.25, -0.2) is 4.98 Å². The highest BCUT2D eigenvalue weighted by Gasteiger charge is 1.82. The first-order valence-electron chi connectivity index (χ1n) is 3.55. The molecule has 0 fully saturated rings. The van der Waals surface area contributed by atoms with Crippen molar-refractivity contribution in [1.29, 1.82) is 0 Å². The first-order valence-corrected chi connectivity index (χ1v) is 3.55. The molecule has 1 aromatic rings. The molecule has 1 rings (SSSR count). The second kappa shape index (κ2) is 4.53. The molecule has 11 heavy (non-hydrogen) atoms. The van der Waals surface area contributed by atoms with Gasteiger partial charge in [0, 0.05) is 13.0 Å². The summed E-state index contributed by atoms with van der Waals surface area (Å²) in [5, 5.41) is 3.02. The molecule has 0 radical (unpaired) electrons. The molecule has 0 aliphatic carbocycles. The van der Waals surface area contributed by atoms with E-state index in [0.717, 1.165) is 18.7 Å². The lowest BCUT2D eigenvalue weighted by atomic mass is 10.4. The summed E-state index contributed by atoms with van der Waals surface area (Å²) in [5.41, 5.74) is 0.876. The lowest BCUT2D eigenvalue weighted by molar-refractivity contribution is 0.818. The van der Waals surface area contributed by atoms with E-state index in [4.69, 9.17) is 0 Å². The Morgan fingerprint density at radius 1 is 1.73 bits per heavy atom. The smallest absolute Gasteiger partial charge is 0.109 e. The normalized spacial score (nSPS) is 8.82. The second-order valence-corrected chi connectivity index (χ2v) is 2.12. The van der Waals surface area contributed by atoms with Gasteiger partial charge < -0.3 is 10.3 Å². The van der Waals surface area contributed by atoms with Gasteiger partial charge in [0.25, 0.3) is 0 Å². The number of aromatic amines is 1. The van der Waals surface area contributed by atoms with Gasteiger partial charge in [0.05, 0.1) is 12.5 Å². The van der Waals surface area contributed by atoms with Crippen LogP contribution in [0.1, 0.15) is 12.1 Å². The van der Waals surface area contributed by atoms with Crippen LogP contribution < -0.4 is 5.32 Å². The Labute approximate surface area is 66.2 Å². The Balaban J connectivity index is 2.33. The SMILES string of the molecule is CNCCC#Cc1cnc[nH]1. The predicted molar refractivity (Wildman–Crippen MR) is 44.0 cm³/mol. The van der Waals surface area contributed by atoms with Gasteiger partial charge in [-0.05, 0) is 13.0 Å². The van der Waals surface area contributed by atoms with Crippen molar-refractivity contribution in [3.63, 3.8) is 0 Å². The molecule has 0 aliphatic heterocycles. The third-order valence-electron chi connectivity index (χ3n) is 1.22. The Kier molecular flexibility index (Phi) is 3.23. The van der Waals surface area contributed by atoms with E-state index < -0.39 is 0 Å². The fraction of sp³-hybridized carbons (Fsp3) is 0.375. The van der Waals surface area contributed by atoms with Gasteiger partial charge in [-0.15, -0.1) is 0 Å². The number of aromatic nitrogens is 2. The van der Waals surface area contributed by atoms with Gasteiger partial charge in [-0.1, -0.05) is 5.92 Å². The molecule has 0 spiro atoms. The van der Waals surface area contributed by atoms with Gasteiger partial charge in [-0.3, -0.25) is 0 Å². The van der Waals surface area contributed by atoms with Crippen LogP contribution in [0.25, 0.3) is 0 Å². The van der Waals surface area contributed by atoms with E-state index in [0.29, 0.717) is 0 Å². The molecule has 2 N–H and O–H groups in total. The zero-order chi connectivity index (χ0) is 7.94. The Hall–Kier alpha value is -1.27. The van der Waals surface area contributed by atoms with Gasteiger partial charge in [-0.2, -0.15) is 0 Å². The highest BCUT2D eigenvalue weighted by atomic mass is 14.8. The van der Waals surface area contributed by atoms with Crippen molar-refractivity contribution >= 4 is 0 Å². The lowest BCUT2D eigenvalue weighted by Crippen LogP contribution is -2.05. The number of nitrogens with one attached hydrogen (secondary N) is 2. The highest BCUT2D eigenvalue weighted by molar-refractivity contribution is 5.24. The van der Waals surface area contributed by atoms with Crippen LogP contribution in [-0.2, 0) is 0 Å². The van der Waals surface area contributed by atoms with Crippen LogP contribution in [0.4, 0.5) is 0 Å². The van der Waals surface area contributed by atoms with E-state index >= 15 is 0 Å². The molecule has 0 saturated heterocycles. The zero-order valence-electron chi connectivity index (χ0n) is 6.52. The summed E-state index contributed by atoms with van der Waals surface area (Å²) in [6.45, 7) is 0.932. The molecule has 0 unspecified atom stereocenters. The number of H-pyrrole nitrogens is 1. The van der Waals surface area contributed by atoms with E-state index in [9.17, 15) is 0 Å². The van der Waals surface area contributed by atoms with Crippen molar-refractivity contribution in [2.45, 2.75) is 6.42 Å². The minimum absolute atomic E-state index is 0.871. The van der Waals surface area contributed by atoms with E-state index in [1.165, 1.54) is 0 Å². The zero-order valence-corrected chi connectivity index (χ0v) is 6.52. The maximum Gasteiger partial charge on any atom is 0.109 e. The molecule has 3 nitrogen and oxygen atoms in total. The number of rotatable bonds is 2. The largest absolute Gasteiger partial charge is 0.338 e. The minimum atomic E-state index is 0.871. The molecule has 0 aliphatic rings. The minimum Gasteiger partial charge on any atom is -0.338 e. The fourth-order valence-electron chi connectivity index (χ4n) is 0.669. The average Bonchev–Trinajstić information content (AvgIpc) is 2.50. The van der Waals surface area contributed by atoms with Crippen LogP contribution in [0.3, 0.4) is 0 Å². The van der Waals surface area contributed by atoms with Crippen LogP contribution in [0, 0.1) is 11.8 Å². The Morgan fingerprint density at radius 3 is 3.27 bits per heavy atom.